The molecule has 0 radical (unpaired) electrons. The zero-order valence-corrected chi connectivity index (χ0v) is 18.3. The van der Waals surface area contributed by atoms with E-state index in [4.69, 9.17) is 13.0 Å². The Kier molecular flexibility index (Phi) is 8.02. The van der Waals surface area contributed by atoms with E-state index in [-0.39, 0.29) is 16.3 Å². The van der Waals surface area contributed by atoms with Crippen LogP contribution < -0.4 is 0 Å². The highest BCUT2D eigenvalue weighted by molar-refractivity contribution is 7.97. The monoisotopic (exact) mass is 432 g/mol. The largest absolute Gasteiger partial charge is 0.746 e. The Balaban J connectivity index is 0.000000438. The standard InChI is InChI=1S/C22H23S.CH3FO3S/c1-22(2,3)18-14-16-21(17-15-18)23(19-10-6-4-7-11-19)20-12-8-5-9-13-20;2-1-6(3,4)5/h4-17H,1-3H3;1H2,(H,3,4,5)/q+1;/p-1. The van der Waals surface area contributed by atoms with Crippen molar-refractivity contribution in [1.29, 1.82) is 0 Å². The second-order valence-electron chi connectivity index (χ2n) is 7.37. The van der Waals surface area contributed by atoms with Crippen molar-refractivity contribution in [2.75, 3.05) is 6.01 Å². The Morgan fingerprint density at radius 2 is 1.10 bits per heavy atom. The highest BCUT2D eigenvalue weighted by Gasteiger charge is 2.28. The van der Waals surface area contributed by atoms with Crippen LogP contribution >= 0.6 is 0 Å². The number of alkyl halides is 1. The van der Waals surface area contributed by atoms with E-state index in [2.05, 4.69) is 106 Å². The van der Waals surface area contributed by atoms with Crippen LogP contribution in [0.25, 0.3) is 0 Å². The van der Waals surface area contributed by atoms with Crippen molar-refractivity contribution < 1.29 is 17.4 Å². The fourth-order valence-electron chi connectivity index (χ4n) is 2.61. The van der Waals surface area contributed by atoms with Gasteiger partial charge in [0, 0.05) is 0 Å². The van der Waals surface area contributed by atoms with Gasteiger partial charge in [0.2, 0.25) is 0 Å². The van der Waals surface area contributed by atoms with Gasteiger partial charge in [-0.1, -0.05) is 69.3 Å². The summed E-state index contributed by atoms with van der Waals surface area (Å²) in [4.78, 5) is 4.10. The molecule has 0 spiro atoms. The van der Waals surface area contributed by atoms with Crippen molar-refractivity contribution in [3.05, 3.63) is 90.5 Å². The predicted octanol–water partition coefficient (Wildman–Crippen LogP) is 5.54. The lowest BCUT2D eigenvalue weighted by Gasteiger charge is -2.19. The van der Waals surface area contributed by atoms with Crippen molar-refractivity contribution >= 4 is 21.0 Å². The summed E-state index contributed by atoms with van der Waals surface area (Å²) in [5.74, 6) is 0. The first-order chi connectivity index (χ1) is 13.6. The molecule has 3 rings (SSSR count). The van der Waals surface area contributed by atoms with Crippen molar-refractivity contribution in [2.24, 2.45) is 0 Å². The molecule has 0 amide bonds. The van der Waals surface area contributed by atoms with Gasteiger partial charge in [-0.25, -0.2) is 12.8 Å². The predicted molar refractivity (Wildman–Crippen MR) is 116 cm³/mol. The minimum atomic E-state index is -4.58. The fraction of sp³-hybridized carbons (Fsp3) is 0.217. The third kappa shape index (κ3) is 7.31. The molecule has 0 saturated carbocycles. The molecule has 0 bridgehead atoms. The Hall–Kier alpha value is -2.15. The maximum absolute atomic E-state index is 10.6. The Morgan fingerprint density at radius 3 is 1.41 bits per heavy atom. The summed E-state index contributed by atoms with van der Waals surface area (Å²) in [7, 11) is -4.63. The Bertz CT molecular complexity index is 942. The van der Waals surface area contributed by atoms with Gasteiger partial charge >= 0.3 is 0 Å². The summed E-state index contributed by atoms with van der Waals surface area (Å²) >= 11 is 0. The smallest absolute Gasteiger partial charge is 0.179 e. The molecule has 0 atom stereocenters. The molecule has 0 heterocycles. The van der Waals surface area contributed by atoms with Crippen LogP contribution in [0.3, 0.4) is 0 Å². The molecule has 3 nitrogen and oxygen atoms in total. The van der Waals surface area contributed by atoms with Gasteiger partial charge in [0.15, 0.2) is 20.7 Å². The van der Waals surface area contributed by atoms with E-state index in [0.29, 0.717) is 0 Å². The summed E-state index contributed by atoms with van der Waals surface area (Å²) < 4.78 is 37.8. The number of halogens is 1. The minimum absolute atomic E-state index is 0.0497. The molecule has 6 heteroatoms. The number of benzene rings is 3. The SMILES string of the molecule is CC(C)(C)c1ccc([S+](c2ccccc2)c2ccccc2)cc1.O=S(=O)([O-])CF. The first-order valence-electron chi connectivity index (χ1n) is 9.06. The quantitative estimate of drug-likeness (QED) is 0.402. The normalized spacial score (nSPS) is 11.7. The van der Waals surface area contributed by atoms with Crippen LogP contribution in [0.5, 0.6) is 0 Å². The molecule has 154 valence electrons. The third-order valence-corrected chi connectivity index (χ3v) is 6.55. The molecular weight excluding hydrogens is 407 g/mol. The molecule has 0 saturated heterocycles. The van der Waals surface area contributed by atoms with Crippen molar-refractivity contribution in [1.82, 2.24) is 0 Å². The van der Waals surface area contributed by atoms with Gasteiger partial charge in [0.05, 0.1) is 10.9 Å². The number of rotatable bonds is 4. The van der Waals surface area contributed by atoms with E-state index >= 15 is 0 Å². The Morgan fingerprint density at radius 1 is 0.759 bits per heavy atom. The van der Waals surface area contributed by atoms with E-state index in [9.17, 15) is 4.39 Å². The molecule has 0 aromatic heterocycles. The number of hydrogen-bond donors (Lipinski definition) is 0. The highest BCUT2D eigenvalue weighted by Crippen LogP contribution is 2.32. The lowest BCUT2D eigenvalue weighted by atomic mass is 9.87. The summed E-state index contributed by atoms with van der Waals surface area (Å²) in [5.41, 5.74) is 1.57. The van der Waals surface area contributed by atoms with Crippen molar-refractivity contribution in [2.45, 2.75) is 40.9 Å². The molecule has 0 aliphatic rings. The second-order valence-corrected chi connectivity index (χ2v) is 10.7. The maximum atomic E-state index is 10.6. The average Bonchev–Trinajstić information content (AvgIpc) is 2.70. The highest BCUT2D eigenvalue weighted by atomic mass is 32.2. The summed E-state index contributed by atoms with van der Waals surface area (Å²) in [6.45, 7) is 6.78. The van der Waals surface area contributed by atoms with E-state index in [1.165, 1.54) is 20.2 Å². The van der Waals surface area contributed by atoms with Crippen LogP contribution in [0.2, 0.25) is 0 Å². The fourth-order valence-corrected chi connectivity index (χ4v) is 4.70. The molecule has 3 aromatic carbocycles. The lowest BCUT2D eigenvalue weighted by molar-refractivity contribution is 0.431. The lowest BCUT2D eigenvalue weighted by Crippen LogP contribution is -2.11. The topological polar surface area (TPSA) is 57.2 Å². The van der Waals surface area contributed by atoms with Gasteiger partial charge in [0.1, 0.15) is 10.1 Å². The molecule has 0 aliphatic heterocycles. The van der Waals surface area contributed by atoms with Gasteiger partial charge in [0.25, 0.3) is 0 Å². The molecule has 0 aliphatic carbocycles. The zero-order chi connectivity index (χ0) is 21.5. The summed E-state index contributed by atoms with van der Waals surface area (Å²) in [6.07, 6.45) is 0. The maximum Gasteiger partial charge on any atom is 0.179 e. The second kappa shape index (κ2) is 10.1. The van der Waals surface area contributed by atoms with E-state index in [0.717, 1.165) is 0 Å². The van der Waals surface area contributed by atoms with E-state index in [1.807, 2.05) is 0 Å². The summed E-state index contributed by atoms with van der Waals surface area (Å²) in [6, 6.07) is 28.9. The third-order valence-electron chi connectivity index (χ3n) is 4.05. The van der Waals surface area contributed by atoms with Gasteiger partial charge in [-0.3, -0.25) is 0 Å². The molecule has 0 fully saturated rings. The molecular formula is C23H25FO3S2. The van der Waals surface area contributed by atoms with Gasteiger partial charge < -0.3 is 4.55 Å². The van der Waals surface area contributed by atoms with Crippen LogP contribution in [0.4, 0.5) is 4.39 Å². The zero-order valence-electron chi connectivity index (χ0n) is 16.7. The van der Waals surface area contributed by atoms with E-state index < -0.39 is 16.1 Å². The van der Waals surface area contributed by atoms with Crippen LogP contribution in [0, 0.1) is 0 Å². The average molecular weight is 433 g/mol. The van der Waals surface area contributed by atoms with E-state index in [1.54, 1.807) is 0 Å². The molecule has 0 unspecified atom stereocenters. The number of hydrogen-bond acceptors (Lipinski definition) is 3. The van der Waals surface area contributed by atoms with Gasteiger partial charge in [-0.15, -0.1) is 0 Å². The van der Waals surface area contributed by atoms with Crippen LogP contribution in [0.15, 0.2) is 99.6 Å². The molecule has 29 heavy (non-hydrogen) atoms. The van der Waals surface area contributed by atoms with Crippen molar-refractivity contribution in [3.63, 3.8) is 0 Å². The van der Waals surface area contributed by atoms with Crippen molar-refractivity contribution in [3.8, 4) is 0 Å². The van der Waals surface area contributed by atoms with Crippen LogP contribution in [0.1, 0.15) is 26.3 Å². The minimum Gasteiger partial charge on any atom is -0.746 e. The van der Waals surface area contributed by atoms with Crippen LogP contribution in [-0.4, -0.2) is 19.0 Å². The molecule has 0 N–H and O–H groups in total. The van der Waals surface area contributed by atoms with Crippen LogP contribution in [-0.2, 0) is 26.4 Å². The summed E-state index contributed by atoms with van der Waals surface area (Å²) in [5, 5.41) is 0. The molecule has 3 aromatic rings. The first-order valence-corrected chi connectivity index (χ1v) is 11.9. The van der Waals surface area contributed by atoms with Gasteiger partial charge in [-0.05, 0) is 47.4 Å². The first kappa shape index (κ1) is 23.1. The van der Waals surface area contributed by atoms with Gasteiger partial charge in [-0.2, -0.15) is 0 Å². The Labute approximate surface area is 175 Å².